The van der Waals surface area contributed by atoms with E-state index in [1.807, 2.05) is 17.0 Å². The minimum absolute atomic E-state index is 0.156. The van der Waals surface area contributed by atoms with Crippen LogP contribution >= 0.6 is 24.0 Å². The largest absolute Gasteiger partial charge is 0.447 e. The van der Waals surface area contributed by atoms with Gasteiger partial charge in [-0.15, -0.1) is 11.8 Å². The van der Waals surface area contributed by atoms with E-state index in [2.05, 4.69) is 42.5 Å². The Hall–Kier alpha value is -1.47. The molecule has 3 rings (SSSR count). The number of carbonyl (C=O) groups excluding carboxylic acids is 1. The summed E-state index contributed by atoms with van der Waals surface area (Å²) < 4.78 is 5.30. The minimum atomic E-state index is -0.156. The summed E-state index contributed by atoms with van der Waals surface area (Å²) in [4.78, 5) is 17.5. The highest BCUT2D eigenvalue weighted by molar-refractivity contribution is 7.98. The van der Waals surface area contributed by atoms with E-state index in [4.69, 9.17) is 17.0 Å². The standard InChI is InChI=1S/C19H27N3O2S2/c1-13(2)16-12-24-19(23)22(16)14-8-10-21(11-9-14)18(25)20-15-6-4-5-7-17(15)26-3/h4-7,13-14,16H,8-12H2,1-3H3,(H,20,25). The topological polar surface area (TPSA) is 44.8 Å². The van der Waals surface area contributed by atoms with Gasteiger partial charge in [-0.1, -0.05) is 26.0 Å². The summed E-state index contributed by atoms with van der Waals surface area (Å²) in [5, 5.41) is 4.14. The Labute approximate surface area is 165 Å². The molecule has 7 heteroatoms. The van der Waals surface area contributed by atoms with Crippen molar-refractivity contribution in [1.29, 1.82) is 0 Å². The lowest BCUT2D eigenvalue weighted by molar-refractivity contribution is 0.115. The van der Waals surface area contributed by atoms with Crippen LogP contribution in [0.25, 0.3) is 0 Å². The Balaban J connectivity index is 1.58. The van der Waals surface area contributed by atoms with Crippen LogP contribution in [0.3, 0.4) is 0 Å². The van der Waals surface area contributed by atoms with Crippen molar-refractivity contribution in [2.75, 3.05) is 31.3 Å². The van der Waals surface area contributed by atoms with Gasteiger partial charge in [0, 0.05) is 24.0 Å². The van der Waals surface area contributed by atoms with E-state index in [0.717, 1.165) is 36.7 Å². The first kappa shape index (κ1) is 19.3. The Morgan fingerprint density at radius 1 is 1.31 bits per heavy atom. The third-order valence-electron chi connectivity index (χ3n) is 5.21. The smallest absolute Gasteiger partial charge is 0.410 e. The van der Waals surface area contributed by atoms with Gasteiger partial charge in [-0.25, -0.2) is 4.79 Å². The molecule has 2 aliphatic heterocycles. The molecule has 5 nitrogen and oxygen atoms in total. The SMILES string of the molecule is CSc1ccccc1NC(=S)N1CCC(N2C(=O)OCC2C(C)C)CC1. The van der Waals surface area contributed by atoms with Gasteiger partial charge in [-0.3, -0.25) is 4.90 Å². The first-order valence-electron chi connectivity index (χ1n) is 9.15. The van der Waals surface area contributed by atoms with E-state index in [1.54, 1.807) is 11.8 Å². The third kappa shape index (κ3) is 4.09. The van der Waals surface area contributed by atoms with Crippen molar-refractivity contribution in [1.82, 2.24) is 9.80 Å². The number of ether oxygens (including phenoxy) is 1. The van der Waals surface area contributed by atoms with Gasteiger partial charge in [-0.2, -0.15) is 0 Å². The van der Waals surface area contributed by atoms with Gasteiger partial charge in [0.05, 0.1) is 11.7 Å². The van der Waals surface area contributed by atoms with Gasteiger partial charge in [0.1, 0.15) is 6.61 Å². The molecule has 0 radical (unpaired) electrons. The molecule has 142 valence electrons. The molecule has 1 N–H and O–H groups in total. The van der Waals surface area contributed by atoms with Crippen LogP contribution in [0.4, 0.5) is 10.5 Å². The number of hydrogen-bond acceptors (Lipinski definition) is 4. The Bertz CT molecular complexity index is 660. The summed E-state index contributed by atoms with van der Waals surface area (Å²) in [5.74, 6) is 0.408. The van der Waals surface area contributed by atoms with Crippen LogP contribution in [0.5, 0.6) is 0 Å². The number of amides is 1. The van der Waals surface area contributed by atoms with Crippen LogP contribution in [0.15, 0.2) is 29.2 Å². The number of anilines is 1. The number of carbonyl (C=O) groups is 1. The van der Waals surface area contributed by atoms with E-state index in [-0.39, 0.29) is 18.2 Å². The summed E-state index contributed by atoms with van der Waals surface area (Å²) in [6, 6.07) is 8.63. The Morgan fingerprint density at radius 3 is 2.65 bits per heavy atom. The van der Waals surface area contributed by atoms with Crippen LogP contribution in [-0.4, -0.2) is 59.0 Å². The summed E-state index contributed by atoms with van der Waals surface area (Å²) in [6.07, 6.45) is 3.75. The van der Waals surface area contributed by atoms with E-state index in [0.29, 0.717) is 12.5 Å². The van der Waals surface area contributed by atoms with Crippen LogP contribution < -0.4 is 5.32 Å². The number of nitrogens with one attached hydrogen (secondary N) is 1. The second-order valence-electron chi connectivity index (χ2n) is 7.14. The number of likely N-dealkylation sites (tertiary alicyclic amines) is 1. The lowest BCUT2D eigenvalue weighted by Crippen LogP contribution is -2.51. The number of nitrogens with zero attached hydrogens (tertiary/aromatic N) is 2. The summed E-state index contributed by atoms with van der Waals surface area (Å²) in [7, 11) is 0. The molecule has 2 fully saturated rings. The average Bonchev–Trinajstić information content (AvgIpc) is 3.04. The fraction of sp³-hybridized carbons (Fsp3) is 0.579. The molecule has 0 aliphatic carbocycles. The van der Waals surface area contributed by atoms with Gasteiger partial charge in [0.2, 0.25) is 0 Å². The molecule has 1 atom stereocenters. The molecular formula is C19H27N3O2S2. The second-order valence-corrected chi connectivity index (χ2v) is 8.38. The van der Waals surface area contributed by atoms with Crippen LogP contribution in [0, 0.1) is 5.92 Å². The van der Waals surface area contributed by atoms with Crippen molar-refractivity contribution in [3.63, 3.8) is 0 Å². The molecule has 2 aliphatic rings. The highest BCUT2D eigenvalue weighted by Gasteiger charge is 2.40. The molecule has 1 amide bonds. The zero-order valence-corrected chi connectivity index (χ0v) is 17.2. The van der Waals surface area contributed by atoms with Crippen LogP contribution in [0.2, 0.25) is 0 Å². The van der Waals surface area contributed by atoms with Crippen molar-refractivity contribution in [2.24, 2.45) is 5.92 Å². The first-order chi connectivity index (χ1) is 12.5. The molecule has 0 bridgehead atoms. The quantitative estimate of drug-likeness (QED) is 0.615. The first-order valence-corrected chi connectivity index (χ1v) is 10.8. The molecule has 0 spiro atoms. The maximum Gasteiger partial charge on any atom is 0.410 e. The van der Waals surface area contributed by atoms with E-state index < -0.39 is 0 Å². The lowest BCUT2D eigenvalue weighted by Gasteiger charge is -2.39. The normalized spacial score (nSPS) is 21.2. The predicted molar refractivity (Wildman–Crippen MR) is 111 cm³/mol. The van der Waals surface area contributed by atoms with Gasteiger partial charge in [-0.05, 0) is 49.4 Å². The second kappa shape index (κ2) is 8.48. The van der Waals surface area contributed by atoms with Crippen molar-refractivity contribution in [3.8, 4) is 0 Å². The molecule has 2 saturated heterocycles. The zero-order chi connectivity index (χ0) is 18.7. The number of thiocarbonyl (C=S) groups is 1. The average molecular weight is 394 g/mol. The highest BCUT2D eigenvalue weighted by atomic mass is 32.2. The fourth-order valence-corrected chi connectivity index (χ4v) is 4.52. The number of para-hydroxylation sites is 1. The lowest BCUT2D eigenvalue weighted by atomic mass is 9.98. The highest BCUT2D eigenvalue weighted by Crippen LogP contribution is 2.28. The fourth-order valence-electron chi connectivity index (χ4n) is 3.67. The summed E-state index contributed by atoms with van der Waals surface area (Å²) in [5.41, 5.74) is 1.05. The number of benzene rings is 1. The minimum Gasteiger partial charge on any atom is -0.447 e. The zero-order valence-electron chi connectivity index (χ0n) is 15.6. The molecule has 1 aromatic rings. The van der Waals surface area contributed by atoms with Crippen LogP contribution in [-0.2, 0) is 4.74 Å². The van der Waals surface area contributed by atoms with Crippen LogP contribution in [0.1, 0.15) is 26.7 Å². The van der Waals surface area contributed by atoms with Gasteiger partial charge >= 0.3 is 6.09 Å². The Kier molecular flexibility index (Phi) is 6.29. The molecule has 0 saturated carbocycles. The van der Waals surface area contributed by atoms with Crippen molar-refractivity contribution in [2.45, 2.75) is 43.7 Å². The Morgan fingerprint density at radius 2 is 2.00 bits per heavy atom. The number of thioether (sulfide) groups is 1. The number of cyclic esters (lactones) is 1. The summed E-state index contributed by atoms with van der Waals surface area (Å²) >= 11 is 7.33. The molecular weight excluding hydrogens is 366 g/mol. The van der Waals surface area contributed by atoms with Crippen molar-refractivity contribution in [3.05, 3.63) is 24.3 Å². The number of rotatable bonds is 4. The number of hydrogen-bond donors (Lipinski definition) is 1. The van der Waals surface area contributed by atoms with Crippen molar-refractivity contribution < 1.29 is 9.53 Å². The third-order valence-corrected chi connectivity index (χ3v) is 6.36. The predicted octanol–water partition coefficient (Wildman–Crippen LogP) is 4.05. The van der Waals surface area contributed by atoms with Gasteiger partial charge in [0.15, 0.2) is 5.11 Å². The molecule has 1 unspecified atom stereocenters. The summed E-state index contributed by atoms with van der Waals surface area (Å²) in [6.45, 7) is 6.52. The molecule has 2 heterocycles. The maximum atomic E-state index is 12.2. The molecule has 26 heavy (non-hydrogen) atoms. The van der Waals surface area contributed by atoms with E-state index in [9.17, 15) is 4.79 Å². The van der Waals surface area contributed by atoms with Gasteiger partial charge in [0.25, 0.3) is 0 Å². The van der Waals surface area contributed by atoms with Crippen molar-refractivity contribution >= 4 is 40.9 Å². The van der Waals surface area contributed by atoms with E-state index >= 15 is 0 Å². The molecule has 0 aromatic heterocycles. The van der Waals surface area contributed by atoms with E-state index in [1.165, 1.54) is 4.90 Å². The maximum absolute atomic E-state index is 12.2. The van der Waals surface area contributed by atoms with Gasteiger partial charge < -0.3 is 15.0 Å². The monoisotopic (exact) mass is 393 g/mol. The number of piperidine rings is 1. The molecule has 1 aromatic carbocycles.